The van der Waals surface area contributed by atoms with Crippen molar-refractivity contribution < 1.29 is 8.83 Å². The van der Waals surface area contributed by atoms with Crippen molar-refractivity contribution in [3.8, 4) is 11.3 Å². The largest absolute Gasteiger partial charge is 0.456 e. The Kier molecular flexibility index (Phi) is 3.36. The zero-order chi connectivity index (χ0) is 19.5. The van der Waals surface area contributed by atoms with Crippen LogP contribution < -0.4 is 0 Å². The third kappa shape index (κ3) is 2.40. The number of furan rings is 2. The van der Waals surface area contributed by atoms with E-state index < -0.39 is 0 Å². The maximum Gasteiger partial charge on any atom is 0.144 e. The van der Waals surface area contributed by atoms with E-state index in [0.29, 0.717) is 5.92 Å². The fourth-order valence-corrected chi connectivity index (χ4v) is 4.14. The highest BCUT2D eigenvalue weighted by Gasteiger charge is 2.15. The van der Waals surface area contributed by atoms with Crippen LogP contribution in [-0.4, -0.2) is 4.98 Å². The zero-order valence-corrected chi connectivity index (χ0v) is 16.3. The van der Waals surface area contributed by atoms with E-state index in [9.17, 15) is 0 Å². The van der Waals surface area contributed by atoms with E-state index in [0.717, 1.165) is 55.1 Å². The lowest BCUT2D eigenvalue weighted by Crippen LogP contribution is -1.85. The van der Waals surface area contributed by atoms with Crippen molar-refractivity contribution in [2.45, 2.75) is 19.8 Å². The van der Waals surface area contributed by atoms with Crippen LogP contribution in [0.25, 0.3) is 55.1 Å². The number of fused-ring (bicyclic) bond motifs is 6. The topological polar surface area (TPSA) is 39.2 Å². The first-order chi connectivity index (χ1) is 14.2. The predicted octanol–water partition coefficient (Wildman–Crippen LogP) is 7.67. The van der Waals surface area contributed by atoms with Gasteiger partial charge in [-0.2, -0.15) is 0 Å². The first kappa shape index (κ1) is 16.4. The number of hydrogen-bond donors (Lipinski definition) is 0. The van der Waals surface area contributed by atoms with E-state index in [1.54, 1.807) is 0 Å². The molecule has 0 atom stereocenters. The highest BCUT2D eigenvalue weighted by atomic mass is 16.3. The average Bonchev–Trinajstić information content (AvgIpc) is 3.30. The SMILES string of the molecule is CC(C)c1ccc2c(c1)oc1c(-c3cc4oc5ccccc5c4cn3)cccc12. The Morgan fingerprint density at radius 2 is 1.48 bits per heavy atom. The normalized spacial score (nSPS) is 12.1. The second-order valence-electron chi connectivity index (χ2n) is 7.86. The van der Waals surface area contributed by atoms with E-state index in [2.05, 4.69) is 56.3 Å². The standard InChI is InChI=1S/C26H19NO2/c1-15(2)16-10-11-18-19-7-5-8-20(26(19)29-24(18)12-16)22-13-25-21(14-27-22)17-6-3-4-9-23(17)28-25/h3-15H,1-2H3. The van der Waals surface area contributed by atoms with Crippen LogP contribution in [0.3, 0.4) is 0 Å². The van der Waals surface area contributed by atoms with Crippen LogP contribution in [0.5, 0.6) is 0 Å². The maximum absolute atomic E-state index is 6.33. The molecule has 0 saturated carbocycles. The molecule has 6 aromatic rings. The highest BCUT2D eigenvalue weighted by molar-refractivity contribution is 6.10. The summed E-state index contributed by atoms with van der Waals surface area (Å²) in [5.74, 6) is 0.462. The predicted molar refractivity (Wildman–Crippen MR) is 118 cm³/mol. The van der Waals surface area contributed by atoms with Crippen molar-refractivity contribution in [2.75, 3.05) is 0 Å². The molecule has 29 heavy (non-hydrogen) atoms. The van der Waals surface area contributed by atoms with Crippen LogP contribution in [0.2, 0.25) is 0 Å². The summed E-state index contributed by atoms with van der Waals surface area (Å²) < 4.78 is 12.4. The molecule has 0 unspecified atom stereocenters. The van der Waals surface area contributed by atoms with E-state index in [4.69, 9.17) is 13.8 Å². The Bertz CT molecular complexity index is 1530. The zero-order valence-electron chi connectivity index (χ0n) is 16.3. The van der Waals surface area contributed by atoms with E-state index in [-0.39, 0.29) is 0 Å². The van der Waals surface area contributed by atoms with E-state index >= 15 is 0 Å². The molecule has 0 aliphatic carbocycles. The van der Waals surface area contributed by atoms with E-state index in [1.807, 2.05) is 30.5 Å². The van der Waals surface area contributed by atoms with Gasteiger partial charge in [-0.15, -0.1) is 0 Å². The Morgan fingerprint density at radius 1 is 0.690 bits per heavy atom. The van der Waals surface area contributed by atoms with Crippen molar-refractivity contribution in [1.29, 1.82) is 0 Å². The van der Waals surface area contributed by atoms with Gasteiger partial charge in [0.1, 0.15) is 22.3 Å². The Hall–Kier alpha value is -3.59. The molecule has 3 aromatic heterocycles. The van der Waals surface area contributed by atoms with Crippen LogP contribution >= 0.6 is 0 Å². The van der Waals surface area contributed by atoms with Crippen LogP contribution in [0.1, 0.15) is 25.3 Å². The lowest BCUT2D eigenvalue weighted by Gasteiger charge is -2.03. The van der Waals surface area contributed by atoms with Gasteiger partial charge >= 0.3 is 0 Å². The van der Waals surface area contributed by atoms with Crippen molar-refractivity contribution in [2.24, 2.45) is 0 Å². The summed E-state index contributed by atoms with van der Waals surface area (Å²) >= 11 is 0. The van der Waals surface area contributed by atoms with E-state index in [1.165, 1.54) is 5.56 Å². The van der Waals surface area contributed by atoms with Gasteiger partial charge in [0.05, 0.1) is 5.69 Å². The van der Waals surface area contributed by atoms with Gasteiger partial charge in [0.2, 0.25) is 0 Å². The monoisotopic (exact) mass is 377 g/mol. The molecule has 140 valence electrons. The van der Waals surface area contributed by atoms with Crippen LogP contribution in [0.15, 0.2) is 81.8 Å². The first-order valence-electron chi connectivity index (χ1n) is 9.92. The number of rotatable bonds is 2. The molecular weight excluding hydrogens is 358 g/mol. The minimum atomic E-state index is 0.462. The molecule has 0 radical (unpaired) electrons. The molecule has 0 aliphatic rings. The first-order valence-corrected chi connectivity index (χ1v) is 9.92. The quantitative estimate of drug-likeness (QED) is 0.311. The molecule has 0 saturated heterocycles. The summed E-state index contributed by atoms with van der Waals surface area (Å²) in [5, 5.41) is 4.36. The summed E-state index contributed by atoms with van der Waals surface area (Å²) in [4.78, 5) is 4.75. The van der Waals surface area contributed by atoms with Crippen LogP contribution in [0, 0.1) is 0 Å². The third-order valence-electron chi connectivity index (χ3n) is 5.73. The maximum atomic E-state index is 6.33. The van der Waals surface area contributed by atoms with Gasteiger partial charge in [-0.05, 0) is 29.7 Å². The lowest BCUT2D eigenvalue weighted by molar-refractivity contribution is 0.667. The van der Waals surface area contributed by atoms with Crippen molar-refractivity contribution in [1.82, 2.24) is 4.98 Å². The lowest BCUT2D eigenvalue weighted by atomic mass is 10.0. The van der Waals surface area contributed by atoms with Gasteiger partial charge in [-0.1, -0.05) is 56.3 Å². The Labute approximate surface area is 167 Å². The van der Waals surface area contributed by atoms with Gasteiger partial charge in [0.15, 0.2) is 0 Å². The van der Waals surface area contributed by atoms with Gasteiger partial charge in [0, 0.05) is 39.4 Å². The average molecular weight is 377 g/mol. The third-order valence-corrected chi connectivity index (χ3v) is 5.73. The molecule has 3 aromatic carbocycles. The molecule has 0 fully saturated rings. The minimum absolute atomic E-state index is 0.462. The smallest absolute Gasteiger partial charge is 0.144 e. The van der Waals surface area contributed by atoms with Gasteiger partial charge in [0.25, 0.3) is 0 Å². The number of para-hydroxylation sites is 2. The second kappa shape index (κ2) is 5.95. The highest BCUT2D eigenvalue weighted by Crippen LogP contribution is 2.37. The summed E-state index contributed by atoms with van der Waals surface area (Å²) in [7, 11) is 0. The molecule has 3 heterocycles. The molecule has 0 bridgehead atoms. The Morgan fingerprint density at radius 3 is 2.38 bits per heavy atom. The van der Waals surface area contributed by atoms with Crippen molar-refractivity contribution >= 4 is 43.9 Å². The molecule has 0 aliphatic heterocycles. The molecule has 3 heteroatoms. The van der Waals surface area contributed by atoms with Crippen LogP contribution in [-0.2, 0) is 0 Å². The molecular formula is C26H19NO2. The molecule has 0 spiro atoms. The van der Waals surface area contributed by atoms with Gasteiger partial charge in [-0.3, -0.25) is 4.98 Å². The minimum Gasteiger partial charge on any atom is -0.456 e. The fourth-order valence-electron chi connectivity index (χ4n) is 4.14. The van der Waals surface area contributed by atoms with Crippen LogP contribution in [0.4, 0.5) is 0 Å². The van der Waals surface area contributed by atoms with Crippen molar-refractivity contribution in [3.05, 3.63) is 78.5 Å². The second-order valence-corrected chi connectivity index (χ2v) is 7.86. The van der Waals surface area contributed by atoms with Crippen molar-refractivity contribution in [3.63, 3.8) is 0 Å². The molecule has 0 N–H and O–H groups in total. The number of pyridine rings is 1. The number of benzene rings is 3. The number of hydrogen-bond acceptors (Lipinski definition) is 3. The van der Waals surface area contributed by atoms with Gasteiger partial charge < -0.3 is 8.83 Å². The number of nitrogens with zero attached hydrogens (tertiary/aromatic N) is 1. The molecule has 0 amide bonds. The summed E-state index contributed by atoms with van der Waals surface area (Å²) in [5.41, 5.74) is 6.61. The number of aromatic nitrogens is 1. The fraction of sp³-hybridized carbons (Fsp3) is 0.115. The molecule has 3 nitrogen and oxygen atoms in total. The summed E-state index contributed by atoms with van der Waals surface area (Å²) in [6, 6.07) is 22.8. The summed E-state index contributed by atoms with van der Waals surface area (Å²) in [6.07, 6.45) is 1.90. The Balaban J connectivity index is 1.60. The van der Waals surface area contributed by atoms with Gasteiger partial charge in [-0.25, -0.2) is 0 Å². The molecule has 6 rings (SSSR count). The summed E-state index contributed by atoms with van der Waals surface area (Å²) in [6.45, 7) is 4.39.